The van der Waals surface area contributed by atoms with Gasteiger partial charge in [0.2, 0.25) is 0 Å². The van der Waals surface area contributed by atoms with E-state index in [2.05, 4.69) is 0 Å². The van der Waals surface area contributed by atoms with Gasteiger partial charge in [0.25, 0.3) is 21.3 Å². The number of rotatable bonds is 5. The molecular weight excluding hydrogens is 358 g/mol. The molecule has 0 amide bonds. The largest absolute Gasteiger partial charge is 0.288 e. The quantitative estimate of drug-likeness (QED) is 0.799. The van der Waals surface area contributed by atoms with Gasteiger partial charge in [-0.05, 0) is 42.2 Å². The van der Waals surface area contributed by atoms with Crippen LogP contribution in [0.5, 0.6) is 0 Å². The van der Waals surface area contributed by atoms with Crippen LogP contribution in [-0.4, -0.2) is 17.2 Å². The number of allylic oxidation sites excluding steroid dienone is 5. The Bertz CT molecular complexity index is 799. The van der Waals surface area contributed by atoms with Crippen molar-refractivity contribution >= 4 is 38.6 Å². The van der Waals surface area contributed by atoms with Crippen LogP contribution in [0.2, 0.25) is 5.02 Å². The Morgan fingerprint density at radius 2 is 2.17 bits per heavy atom. The van der Waals surface area contributed by atoms with Crippen molar-refractivity contribution in [1.82, 2.24) is 0 Å². The highest BCUT2D eigenvalue weighted by Crippen LogP contribution is 2.25. The van der Waals surface area contributed by atoms with Crippen molar-refractivity contribution in [3.63, 3.8) is 0 Å². The van der Waals surface area contributed by atoms with Gasteiger partial charge in [0.1, 0.15) is 0 Å². The minimum Gasteiger partial charge on any atom is -0.288 e. The van der Waals surface area contributed by atoms with Gasteiger partial charge < -0.3 is 0 Å². The summed E-state index contributed by atoms with van der Waals surface area (Å²) in [4.78, 5) is 0. The van der Waals surface area contributed by atoms with E-state index in [-0.39, 0.29) is 10.7 Å². The van der Waals surface area contributed by atoms with Crippen molar-refractivity contribution in [2.75, 3.05) is 3.71 Å². The number of nitrogens with zero attached hydrogens (tertiary/aromatic N) is 1. The summed E-state index contributed by atoms with van der Waals surface area (Å²) in [6, 6.07) is 5.77. The van der Waals surface area contributed by atoms with Gasteiger partial charge in [-0.25, -0.2) is 12.6 Å². The minimum absolute atomic E-state index is 0.0221. The second kappa shape index (κ2) is 7.44. The topological polar surface area (TPSA) is 74.7 Å². The third kappa shape index (κ3) is 4.78. The Labute approximate surface area is 143 Å². The van der Waals surface area contributed by atoms with Crippen LogP contribution in [0.4, 0.5) is 5.69 Å². The zero-order valence-electron chi connectivity index (χ0n) is 12.3. The standard InChI is InChI=1S/C15H16ClNO4S2/c1-12-4-2-5-13(10-12)8-9-23(20,21)17(22(18)19)15-7-3-6-14(16)11-15/h2-9,11-12H,10H2,1H3,(H,18,19). The molecule has 23 heavy (non-hydrogen) atoms. The maximum absolute atomic E-state index is 12.4. The first-order valence-electron chi connectivity index (χ1n) is 6.77. The maximum Gasteiger partial charge on any atom is 0.276 e. The molecule has 5 nitrogen and oxygen atoms in total. The molecule has 0 radical (unpaired) electrons. The zero-order valence-corrected chi connectivity index (χ0v) is 14.7. The van der Waals surface area contributed by atoms with Crippen LogP contribution in [0.15, 0.2) is 59.6 Å². The van der Waals surface area contributed by atoms with E-state index in [1.165, 1.54) is 24.3 Å². The molecule has 0 aromatic heterocycles. The monoisotopic (exact) mass is 373 g/mol. The summed E-state index contributed by atoms with van der Waals surface area (Å²) >= 11 is 3.08. The number of hydrogen-bond donors (Lipinski definition) is 1. The molecule has 1 aliphatic rings. The Balaban J connectivity index is 2.33. The van der Waals surface area contributed by atoms with E-state index in [0.29, 0.717) is 16.0 Å². The summed E-state index contributed by atoms with van der Waals surface area (Å²) in [6.45, 7) is 2.02. The predicted octanol–water partition coefficient (Wildman–Crippen LogP) is 3.65. The van der Waals surface area contributed by atoms with Gasteiger partial charge in [0.15, 0.2) is 0 Å². The normalized spacial score (nSPS) is 19.6. The molecule has 0 aliphatic heterocycles. The molecule has 2 unspecified atom stereocenters. The molecule has 0 heterocycles. The lowest BCUT2D eigenvalue weighted by molar-refractivity contribution is 0.562. The molecule has 1 aromatic rings. The Morgan fingerprint density at radius 1 is 1.43 bits per heavy atom. The molecule has 0 saturated carbocycles. The third-order valence-corrected chi connectivity index (χ3v) is 6.04. The van der Waals surface area contributed by atoms with E-state index in [9.17, 15) is 17.2 Å². The molecule has 1 aromatic carbocycles. The van der Waals surface area contributed by atoms with Crippen LogP contribution in [0.1, 0.15) is 13.3 Å². The van der Waals surface area contributed by atoms with Crippen LogP contribution in [0.3, 0.4) is 0 Å². The number of hydrogen-bond acceptors (Lipinski definition) is 3. The van der Waals surface area contributed by atoms with Gasteiger partial charge in [-0.3, -0.25) is 4.55 Å². The van der Waals surface area contributed by atoms with Gasteiger partial charge in [-0.1, -0.05) is 42.8 Å². The van der Waals surface area contributed by atoms with Crippen LogP contribution >= 0.6 is 11.6 Å². The first-order chi connectivity index (χ1) is 10.8. The molecule has 0 bridgehead atoms. The van der Waals surface area contributed by atoms with Crippen molar-refractivity contribution in [3.05, 3.63) is 64.6 Å². The van der Waals surface area contributed by atoms with Gasteiger partial charge in [0.05, 0.1) is 11.1 Å². The van der Waals surface area contributed by atoms with Crippen molar-refractivity contribution in [3.8, 4) is 0 Å². The van der Waals surface area contributed by atoms with Crippen molar-refractivity contribution in [1.29, 1.82) is 0 Å². The number of benzene rings is 1. The van der Waals surface area contributed by atoms with Crippen molar-refractivity contribution in [2.45, 2.75) is 13.3 Å². The second-order valence-electron chi connectivity index (χ2n) is 5.09. The van der Waals surface area contributed by atoms with E-state index in [1.54, 1.807) is 6.07 Å². The molecule has 1 aliphatic carbocycles. The van der Waals surface area contributed by atoms with Crippen LogP contribution in [-0.2, 0) is 21.3 Å². The molecule has 1 N–H and O–H groups in total. The molecule has 0 spiro atoms. The van der Waals surface area contributed by atoms with E-state index < -0.39 is 21.3 Å². The molecule has 124 valence electrons. The summed E-state index contributed by atoms with van der Waals surface area (Å²) in [6.07, 6.45) is 7.85. The minimum atomic E-state index is -4.13. The smallest absolute Gasteiger partial charge is 0.276 e. The summed E-state index contributed by atoms with van der Waals surface area (Å²) in [5.74, 6) is 0.318. The summed E-state index contributed by atoms with van der Waals surface area (Å²) < 4.78 is 46.1. The van der Waals surface area contributed by atoms with Crippen molar-refractivity contribution < 1.29 is 17.2 Å². The predicted molar refractivity (Wildman–Crippen MR) is 93.8 cm³/mol. The second-order valence-corrected chi connectivity index (χ2v) is 8.25. The lowest BCUT2D eigenvalue weighted by atomic mass is 9.96. The average molecular weight is 374 g/mol. The Kier molecular flexibility index (Phi) is 5.80. The zero-order chi connectivity index (χ0) is 17.0. The van der Waals surface area contributed by atoms with Gasteiger partial charge in [-0.15, -0.1) is 0 Å². The fraction of sp³-hybridized carbons (Fsp3) is 0.200. The summed E-state index contributed by atoms with van der Waals surface area (Å²) in [5.41, 5.74) is 0.854. The number of sulfonamides is 1. The van der Waals surface area contributed by atoms with Gasteiger partial charge in [-0.2, -0.15) is 3.71 Å². The van der Waals surface area contributed by atoms with E-state index in [0.717, 1.165) is 11.0 Å². The van der Waals surface area contributed by atoms with Gasteiger partial charge in [0, 0.05) is 5.02 Å². The first kappa shape index (κ1) is 17.9. The van der Waals surface area contributed by atoms with Crippen LogP contribution in [0, 0.1) is 5.92 Å². The lowest BCUT2D eigenvalue weighted by Crippen LogP contribution is -2.30. The molecule has 0 saturated heterocycles. The highest BCUT2D eigenvalue weighted by atomic mass is 35.5. The highest BCUT2D eigenvalue weighted by molar-refractivity contribution is 8.07. The molecule has 0 fully saturated rings. The average Bonchev–Trinajstić information content (AvgIpc) is 2.45. The molecule has 8 heteroatoms. The van der Waals surface area contributed by atoms with E-state index in [4.69, 9.17) is 11.6 Å². The lowest BCUT2D eigenvalue weighted by Gasteiger charge is -2.18. The van der Waals surface area contributed by atoms with Crippen LogP contribution in [0.25, 0.3) is 0 Å². The molecule has 2 atom stereocenters. The maximum atomic E-state index is 12.4. The molecule has 2 rings (SSSR count). The summed E-state index contributed by atoms with van der Waals surface area (Å²) in [5, 5.41) is 1.20. The van der Waals surface area contributed by atoms with E-state index in [1.807, 2.05) is 25.2 Å². The number of anilines is 1. The van der Waals surface area contributed by atoms with Crippen molar-refractivity contribution in [2.24, 2.45) is 5.92 Å². The first-order valence-corrected chi connectivity index (χ1v) is 9.71. The fourth-order valence-electron chi connectivity index (χ4n) is 2.14. The van der Waals surface area contributed by atoms with Gasteiger partial charge >= 0.3 is 0 Å². The van der Waals surface area contributed by atoms with Crippen LogP contribution < -0.4 is 3.71 Å². The SMILES string of the molecule is CC1C=CC=C(C=CS(=O)(=O)N(c2cccc(Cl)c2)S(=O)O)C1. The summed E-state index contributed by atoms with van der Waals surface area (Å²) in [7, 11) is -4.13. The fourth-order valence-corrected chi connectivity index (χ4v) is 4.35. The highest BCUT2D eigenvalue weighted by Gasteiger charge is 2.25. The Morgan fingerprint density at radius 3 is 2.78 bits per heavy atom. The number of halogens is 1. The van der Waals surface area contributed by atoms with E-state index >= 15 is 0 Å². The third-order valence-electron chi connectivity index (χ3n) is 3.15. The molecular formula is C15H16ClNO4S2. The Hall–Kier alpha value is -1.41.